The molecule has 1 aliphatic rings. The second kappa shape index (κ2) is 7.86. The van der Waals surface area contributed by atoms with Crippen molar-refractivity contribution >= 4 is 17.6 Å². The Morgan fingerprint density at radius 3 is 2.85 bits per heavy atom. The van der Waals surface area contributed by atoms with E-state index in [1.807, 2.05) is 0 Å². The summed E-state index contributed by atoms with van der Waals surface area (Å²) in [4.78, 5) is 25.8. The van der Waals surface area contributed by atoms with Crippen LogP contribution in [0.3, 0.4) is 0 Å². The number of methoxy groups -OCH3 is 1. The van der Waals surface area contributed by atoms with Gasteiger partial charge in [-0.05, 0) is 29.8 Å². The van der Waals surface area contributed by atoms with Crippen LogP contribution in [0.2, 0.25) is 0 Å². The number of amides is 1. The van der Waals surface area contributed by atoms with E-state index in [9.17, 15) is 14.0 Å². The average Bonchev–Trinajstić information content (AvgIpc) is 2.79. The molecule has 0 saturated heterocycles. The molecule has 26 heavy (non-hydrogen) atoms. The molecule has 0 atom stereocenters. The molecule has 1 amide bonds. The van der Waals surface area contributed by atoms with Gasteiger partial charge in [-0.2, -0.15) is 0 Å². The lowest BCUT2D eigenvalue weighted by atomic mass is 10.2. The van der Waals surface area contributed by atoms with E-state index in [2.05, 4.69) is 0 Å². The van der Waals surface area contributed by atoms with Crippen LogP contribution in [0.25, 0.3) is 0 Å². The van der Waals surface area contributed by atoms with Gasteiger partial charge < -0.3 is 14.2 Å². The summed E-state index contributed by atoms with van der Waals surface area (Å²) in [5.41, 5.74) is 1.02. The van der Waals surface area contributed by atoms with Crippen molar-refractivity contribution in [3.05, 3.63) is 53.8 Å². The Morgan fingerprint density at radius 1 is 1.27 bits per heavy atom. The lowest BCUT2D eigenvalue weighted by molar-refractivity contribution is -0.144. The van der Waals surface area contributed by atoms with Crippen molar-refractivity contribution in [1.82, 2.24) is 0 Å². The smallest absolute Gasteiger partial charge is 0.326 e. The van der Waals surface area contributed by atoms with Crippen LogP contribution in [0, 0.1) is 5.82 Å². The van der Waals surface area contributed by atoms with Crippen LogP contribution in [0.4, 0.5) is 10.1 Å². The normalized spacial score (nSPS) is 13.5. The maximum absolute atomic E-state index is 13.7. The van der Waals surface area contributed by atoms with Gasteiger partial charge in [0.25, 0.3) is 0 Å². The van der Waals surface area contributed by atoms with Crippen LogP contribution in [0.1, 0.15) is 12.0 Å². The Bertz CT molecular complexity index is 823. The Balaban J connectivity index is 1.66. The third kappa shape index (κ3) is 3.93. The molecule has 6 nitrogen and oxygen atoms in total. The van der Waals surface area contributed by atoms with E-state index in [1.54, 1.807) is 30.3 Å². The van der Waals surface area contributed by atoms with Gasteiger partial charge in [-0.15, -0.1) is 0 Å². The van der Waals surface area contributed by atoms with E-state index in [1.165, 1.54) is 24.1 Å². The van der Waals surface area contributed by atoms with E-state index < -0.39 is 11.8 Å². The molecule has 1 heterocycles. The van der Waals surface area contributed by atoms with E-state index >= 15 is 0 Å². The number of para-hydroxylation sites is 2. The second-order valence-electron chi connectivity index (χ2n) is 5.68. The van der Waals surface area contributed by atoms with Gasteiger partial charge in [-0.25, -0.2) is 4.39 Å². The van der Waals surface area contributed by atoms with Crippen molar-refractivity contribution in [3.8, 4) is 11.5 Å². The molecule has 2 aromatic rings. The Kier molecular flexibility index (Phi) is 5.36. The Labute approximate surface area is 150 Å². The first-order valence-electron chi connectivity index (χ1n) is 8.08. The standard InChI is InChI=1S/C19H18FNO5/c1-24-16-7-6-13(10-14(16)20)12-26-19(23)11-21-15-4-2-3-5-17(15)25-9-8-18(21)22/h2-7,10H,8-9,11-12H2,1H3. The molecule has 0 N–H and O–H groups in total. The number of carbonyl (C=O) groups excluding carboxylic acids is 2. The zero-order valence-corrected chi connectivity index (χ0v) is 14.2. The molecule has 136 valence electrons. The van der Waals surface area contributed by atoms with Gasteiger partial charge in [-0.3, -0.25) is 14.5 Å². The summed E-state index contributed by atoms with van der Waals surface area (Å²) in [6.07, 6.45) is 0.172. The molecular formula is C19H18FNO5. The summed E-state index contributed by atoms with van der Waals surface area (Å²) >= 11 is 0. The predicted octanol–water partition coefficient (Wildman–Crippen LogP) is 2.69. The Morgan fingerprint density at radius 2 is 2.08 bits per heavy atom. The molecule has 0 spiro atoms. The minimum atomic E-state index is -0.591. The first-order valence-corrected chi connectivity index (χ1v) is 8.08. The predicted molar refractivity (Wildman–Crippen MR) is 91.7 cm³/mol. The highest BCUT2D eigenvalue weighted by Crippen LogP contribution is 2.30. The summed E-state index contributed by atoms with van der Waals surface area (Å²) in [6.45, 7) is -0.0791. The number of rotatable bonds is 5. The van der Waals surface area contributed by atoms with Crippen LogP contribution >= 0.6 is 0 Å². The summed E-state index contributed by atoms with van der Waals surface area (Å²) in [5, 5.41) is 0. The lowest BCUT2D eigenvalue weighted by Gasteiger charge is -2.20. The van der Waals surface area contributed by atoms with Crippen molar-refractivity contribution in [2.24, 2.45) is 0 Å². The topological polar surface area (TPSA) is 65.1 Å². The first kappa shape index (κ1) is 17.7. The number of hydrogen-bond donors (Lipinski definition) is 0. The molecular weight excluding hydrogens is 341 g/mol. The molecule has 2 aromatic carbocycles. The minimum Gasteiger partial charge on any atom is -0.494 e. The zero-order chi connectivity index (χ0) is 18.5. The largest absolute Gasteiger partial charge is 0.494 e. The molecule has 0 aliphatic carbocycles. The number of halogens is 1. The lowest BCUT2D eigenvalue weighted by Crippen LogP contribution is -2.36. The fraction of sp³-hybridized carbons (Fsp3) is 0.263. The van der Waals surface area contributed by atoms with Crippen LogP contribution in [-0.4, -0.2) is 32.1 Å². The number of benzene rings is 2. The van der Waals surface area contributed by atoms with E-state index in [0.717, 1.165) is 0 Å². The van der Waals surface area contributed by atoms with Crippen LogP contribution in [0.15, 0.2) is 42.5 Å². The van der Waals surface area contributed by atoms with Gasteiger partial charge in [0.2, 0.25) is 5.91 Å². The first-order chi connectivity index (χ1) is 12.6. The van der Waals surface area contributed by atoms with Gasteiger partial charge in [-0.1, -0.05) is 18.2 Å². The Hall–Kier alpha value is -3.09. The van der Waals surface area contributed by atoms with Gasteiger partial charge in [0.1, 0.15) is 18.9 Å². The third-order valence-electron chi connectivity index (χ3n) is 3.93. The fourth-order valence-electron chi connectivity index (χ4n) is 2.63. The number of anilines is 1. The van der Waals surface area contributed by atoms with E-state index in [-0.39, 0.29) is 37.8 Å². The number of ether oxygens (including phenoxy) is 3. The summed E-state index contributed by atoms with van der Waals surface area (Å²) in [7, 11) is 1.37. The number of esters is 1. The highest BCUT2D eigenvalue weighted by atomic mass is 19.1. The molecule has 0 unspecified atom stereocenters. The van der Waals surface area contributed by atoms with Gasteiger partial charge in [0, 0.05) is 0 Å². The third-order valence-corrected chi connectivity index (χ3v) is 3.93. The monoisotopic (exact) mass is 359 g/mol. The number of hydrogen-bond acceptors (Lipinski definition) is 5. The molecule has 0 radical (unpaired) electrons. The van der Waals surface area contributed by atoms with Gasteiger partial charge in [0.15, 0.2) is 11.6 Å². The van der Waals surface area contributed by atoms with Crippen LogP contribution in [-0.2, 0) is 20.9 Å². The second-order valence-corrected chi connectivity index (χ2v) is 5.68. The number of nitrogens with zero attached hydrogens (tertiary/aromatic N) is 1. The van der Waals surface area contributed by atoms with Crippen LogP contribution < -0.4 is 14.4 Å². The quantitative estimate of drug-likeness (QED) is 0.768. The molecule has 0 aromatic heterocycles. The summed E-state index contributed by atoms with van der Waals surface area (Å²) in [6, 6.07) is 11.3. The maximum atomic E-state index is 13.7. The maximum Gasteiger partial charge on any atom is 0.326 e. The molecule has 7 heteroatoms. The summed E-state index contributed by atoms with van der Waals surface area (Å²) < 4.78 is 29.2. The molecule has 0 saturated carbocycles. The minimum absolute atomic E-state index is 0.0973. The van der Waals surface area contributed by atoms with E-state index in [0.29, 0.717) is 17.0 Å². The summed E-state index contributed by atoms with van der Waals surface area (Å²) in [5.74, 6) is -0.682. The highest BCUT2D eigenvalue weighted by Gasteiger charge is 2.25. The molecule has 1 aliphatic heterocycles. The van der Waals surface area contributed by atoms with Crippen molar-refractivity contribution < 1.29 is 28.2 Å². The van der Waals surface area contributed by atoms with E-state index in [4.69, 9.17) is 14.2 Å². The highest BCUT2D eigenvalue weighted by molar-refractivity contribution is 5.99. The van der Waals surface area contributed by atoms with Crippen molar-refractivity contribution in [2.45, 2.75) is 13.0 Å². The molecule has 3 rings (SSSR count). The zero-order valence-electron chi connectivity index (χ0n) is 14.2. The van der Waals surface area contributed by atoms with Crippen LogP contribution in [0.5, 0.6) is 11.5 Å². The van der Waals surface area contributed by atoms with Gasteiger partial charge in [0.05, 0.1) is 25.8 Å². The number of fused-ring (bicyclic) bond motifs is 1. The fourth-order valence-corrected chi connectivity index (χ4v) is 2.63. The SMILES string of the molecule is COc1ccc(COC(=O)CN2C(=O)CCOc3ccccc32)cc1F. The van der Waals surface area contributed by atoms with Crippen molar-refractivity contribution in [2.75, 3.05) is 25.2 Å². The number of carbonyl (C=O) groups is 2. The van der Waals surface area contributed by atoms with Crippen molar-refractivity contribution in [1.29, 1.82) is 0 Å². The molecule has 0 fully saturated rings. The molecule has 0 bridgehead atoms. The van der Waals surface area contributed by atoms with Gasteiger partial charge >= 0.3 is 5.97 Å². The van der Waals surface area contributed by atoms with Crippen molar-refractivity contribution in [3.63, 3.8) is 0 Å². The average molecular weight is 359 g/mol.